The van der Waals surface area contributed by atoms with Crippen LogP contribution in [0.15, 0.2) is 48.6 Å². The Morgan fingerprint density at radius 3 is 1.39 bits per heavy atom. The third kappa shape index (κ3) is 2.02. The second-order valence-electron chi connectivity index (χ2n) is 5.31. The molecule has 0 bridgehead atoms. The fourth-order valence-electron chi connectivity index (χ4n) is 2.36. The molecule has 18 heavy (non-hydrogen) atoms. The predicted octanol–water partition coefficient (Wildman–Crippen LogP) is 3.72. The molecular weight excluding hydrogens is 224 g/mol. The first kappa shape index (κ1) is 11.7. The van der Waals surface area contributed by atoms with Gasteiger partial charge in [-0.05, 0) is 36.1 Å². The van der Waals surface area contributed by atoms with Gasteiger partial charge in [0, 0.05) is 0 Å². The van der Waals surface area contributed by atoms with Crippen LogP contribution in [0.3, 0.4) is 0 Å². The minimum atomic E-state index is 0.202. The van der Waals surface area contributed by atoms with Gasteiger partial charge in [0.15, 0.2) is 0 Å². The van der Waals surface area contributed by atoms with Crippen molar-refractivity contribution in [3.8, 4) is 0 Å². The highest BCUT2D eigenvalue weighted by Crippen LogP contribution is 2.45. The lowest BCUT2D eigenvalue weighted by Crippen LogP contribution is -1.92. The van der Waals surface area contributed by atoms with Crippen molar-refractivity contribution >= 4 is 0 Å². The van der Waals surface area contributed by atoms with E-state index in [0.29, 0.717) is 0 Å². The molecule has 2 nitrogen and oxygen atoms in total. The summed E-state index contributed by atoms with van der Waals surface area (Å²) in [5, 5.41) is 0. The molecule has 0 saturated carbocycles. The van der Waals surface area contributed by atoms with E-state index in [-0.39, 0.29) is 24.4 Å². The lowest BCUT2D eigenvalue weighted by atomic mass is 10.0. The standard InChI is InChI=1S/C16H18O2/c1-9(2)13-15(17-13)11-5-7-12(8-6-11)16-14(18-16)10(3)4/h5-8,13-16H,1,3H2,2,4H3. The van der Waals surface area contributed by atoms with Crippen molar-refractivity contribution in [2.75, 3.05) is 0 Å². The van der Waals surface area contributed by atoms with Crippen molar-refractivity contribution < 1.29 is 9.47 Å². The summed E-state index contributed by atoms with van der Waals surface area (Å²) in [7, 11) is 0. The van der Waals surface area contributed by atoms with Gasteiger partial charge in [0.2, 0.25) is 0 Å². The largest absolute Gasteiger partial charge is 0.360 e. The minimum Gasteiger partial charge on any atom is -0.360 e. The molecule has 0 aromatic heterocycles. The third-order valence-corrected chi connectivity index (χ3v) is 3.55. The second kappa shape index (κ2) is 4.08. The fourth-order valence-corrected chi connectivity index (χ4v) is 2.36. The highest BCUT2D eigenvalue weighted by molar-refractivity contribution is 5.34. The van der Waals surface area contributed by atoms with E-state index in [9.17, 15) is 0 Å². The summed E-state index contributed by atoms with van der Waals surface area (Å²) in [5.74, 6) is 0. The number of ether oxygens (including phenoxy) is 2. The fraction of sp³-hybridized carbons (Fsp3) is 0.375. The average Bonchev–Trinajstić information content (AvgIpc) is 3.21. The van der Waals surface area contributed by atoms with Crippen molar-refractivity contribution in [3.05, 3.63) is 59.7 Å². The van der Waals surface area contributed by atoms with Gasteiger partial charge in [0.05, 0.1) is 0 Å². The smallest absolute Gasteiger partial charge is 0.113 e. The molecule has 0 spiro atoms. The number of hydrogen-bond donors (Lipinski definition) is 0. The Kier molecular flexibility index (Phi) is 2.65. The molecule has 2 heterocycles. The van der Waals surface area contributed by atoms with Crippen molar-refractivity contribution in [2.45, 2.75) is 38.3 Å². The number of rotatable bonds is 4. The van der Waals surface area contributed by atoms with Gasteiger partial charge in [0.25, 0.3) is 0 Å². The van der Waals surface area contributed by atoms with Crippen LogP contribution in [-0.4, -0.2) is 12.2 Å². The number of hydrogen-bond acceptors (Lipinski definition) is 2. The van der Waals surface area contributed by atoms with Gasteiger partial charge in [-0.15, -0.1) is 0 Å². The molecule has 2 aliphatic rings. The quantitative estimate of drug-likeness (QED) is 0.594. The van der Waals surface area contributed by atoms with Crippen LogP contribution < -0.4 is 0 Å². The van der Waals surface area contributed by atoms with Crippen LogP contribution in [0, 0.1) is 0 Å². The Balaban J connectivity index is 1.68. The van der Waals surface area contributed by atoms with Crippen LogP contribution in [-0.2, 0) is 9.47 Å². The molecule has 0 aliphatic carbocycles. The van der Waals surface area contributed by atoms with E-state index in [0.717, 1.165) is 11.1 Å². The highest BCUT2D eigenvalue weighted by atomic mass is 16.6. The van der Waals surface area contributed by atoms with Gasteiger partial charge < -0.3 is 9.47 Å². The molecule has 3 rings (SSSR count). The SMILES string of the molecule is C=C(C)C1OC1c1ccc(C2OC2C(=C)C)cc1. The molecule has 0 amide bonds. The van der Waals surface area contributed by atoms with Crippen LogP contribution in [0.4, 0.5) is 0 Å². The lowest BCUT2D eigenvalue weighted by molar-refractivity contribution is 0.387. The maximum atomic E-state index is 5.59. The monoisotopic (exact) mass is 242 g/mol. The van der Waals surface area contributed by atoms with E-state index >= 15 is 0 Å². The zero-order valence-corrected chi connectivity index (χ0v) is 10.8. The first-order chi connectivity index (χ1) is 8.58. The van der Waals surface area contributed by atoms with Crippen molar-refractivity contribution in [3.63, 3.8) is 0 Å². The minimum absolute atomic E-state index is 0.202. The average molecular weight is 242 g/mol. The lowest BCUT2D eigenvalue weighted by Gasteiger charge is -1.99. The molecule has 0 radical (unpaired) electrons. The van der Waals surface area contributed by atoms with Crippen LogP contribution in [0.25, 0.3) is 0 Å². The zero-order valence-electron chi connectivity index (χ0n) is 10.8. The van der Waals surface area contributed by atoms with Crippen LogP contribution >= 0.6 is 0 Å². The number of epoxide rings is 2. The first-order valence-corrected chi connectivity index (χ1v) is 6.29. The normalized spacial score (nSPS) is 33.0. The maximum Gasteiger partial charge on any atom is 0.113 e. The van der Waals surface area contributed by atoms with E-state index in [1.807, 2.05) is 13.8 Å². The molecule has 4 unspecified atom stereocenters. The Hall–Kier alpha value is -1.38. The molecule has 2 heteroatoms. The van der Waals surface area contributed by atoms with Gasteiger partial charge in [-0.2, -0.15) is 0 Å². The Labute approximate surface area is 108 Å². The molecule has 94 valence electrons. The number of benzene rings is 1. The van der Waals surface area contributed by atoms with Gasteiger partial charge in [0.1, 0.15) is 24.4 Å². The first-order valence-electron chi connectivity index (χ1n) is 6.29. The van der Waals surface area contributed by atoms with Crippen LogP contribution in [0.5, 0.6) is 0 Å². The van der Waals surface area contributed by atoms with E-state index in [4.69, 9.17) is 9.47 Å². The molecule has 0 N–H and O–H groups in total. The zero-order chi connectivity index (χ0) is 12.9. The summed E-state index contributed by atoms with van der Waals surface area (Å²) in [4.78, 5) is 0. The third-order valence-electron chi connectivity index (χ3n) is 3.55. The van der Waals surface area contributed by atoms with Gasteiger partial charge >= 0.3 is 0 Å². The molecule has 1 aromatic rings. The Bertz CT molecular complexity index is 453. The summed E-state index contributed by atoms with van der Waals surface area (Å²) in [6, 6.07) is 8.50. The summed E-state index contributed by atoms with van der Waals surface area (Å²) < 4.78 is 11.2. The summed E-state index contributed by atoms with van der Waals surface area (Å²) >= 11 is 0. The van der Waals surface area contributed by atoms with Crippen LogP contribution in [0.2, 0.25) is 0 Å². The van der Waals surface area contributed by atoms with Crippen LogP contribution in [0.1, 0.15) is 37.2 Å². The highest BCUT2D eigenvalue weighted by Gasteiger charge is 2.42. The van der Waals surface area contributed by atoms with E-state index in [1.54, 1.807) is 0 Å². The summed E-state index contributed by atoms with van der Waals surface area (Å²) in [6.45, 7) is 11.9. The Morgan fingerprint density at radius 2 is 1.17 bits per heavy atom. The predicted molar refractivity (Wildman–Crippen MR) is 71.3 cm³/mol. The summed E-state index contributed by atoms with van der Waals surface area (Å²) in [6.07, 6.45) is 0.814. The molecule has 2 saturated heterocycles. The molecule has 4 atom stereocenters. The van der Waals surface area contributed by atoms with Crippen molar-refractivity contribution in [1.82, 2.24) is 0 Å². The molecule has 1 aromatic carbocycles. The topological polar surface area (TPSA) is 25.1 Å². The molecular formula is C16H18O2. The molecule has 2 aliphatic heterocycles. The van der Waals surface area contributed by atoms with E-state index in [2.05, 4.69) is 37.4 Å². The van der Waals surface area contributed by atoms with Crippen molar-refractivity contribution in [2.24, 2.45) is 0 Å². The van der Waals surface area contributed by atoms with Gasteiger partial charge in [-0.25, -0.2) is 0 Å². The molecule has 2 fully saturated rings. The Morgan fingerprint density at radius 1 is 0.833 bits per heavy atom. The second-order valence-corrected chi connectivity index (χ2v) is 5.31. The van der Waals surface area contributed by atoms with Gasteiger partial charge in [-0.3, -0.25) is 0 Å². The van der Waals surface area contributed by atoms with E-state index < -0.39 is 0 Å². The van der Waals surface area contributed by atoms with Crippen molar-refractivity contribution in [1.29, 1.82) is 0 Å². The van der Waals surface area contributed by atoms with Gasteiger partial charge in [-0.1, -0.05) is 37.4 Å². The summed E-state index contributed by atoms with van der Waals surface area (Å²) in [5.41, 5.74) is 4.63. The maximum absolute atomic E-state index is 5.59. The van der Waals surface area contributed by atoms with E-state index in [1.165, 1.54) is 11.1 Å².